The van der Waals surface area contributed by atoms with Crippen LogP contribution in [-0.2, 0) is 10.2 Å². The Morgan fingerprint density at radius 1 is 1.19 bits per heavy atom. The van der Waals surface area contributed by atoms with Crippen LogP contribution < -0.4 is 10.5 Å². The van der Waals surface area contributed by atoms with E-state index in [1.165, 1.54) is 16.7 Å². The van der Waals surface area contributed by atoms with Crippen LogP contribution in [0.15, 0.2) is 42.5 Å². The van der Waals surface area contributed by atoms with Crippen molar-refractivity contribution in [3.63, 3.8) is 0 Å². The Morgan fingerprint density at radius 3 is 2.52 bits per heavy atom. The van der Waals surface area contributed by atoms with Gasteiger partial charge in [-0.05, 0) is 43.2 Å². The summed E-state index contributed by atoms with van der Waals surface area (Å²) in [6.45, 7) is 0. The topological polar surface area (TPSA) is 107 Å². The normalized spacial score (nSPS) is 15.5. The predicted molar refractivity (Wildman–Crippen MR) is 104 cm³/mol. The SMILES string of the molecule is NC(=O)c1cc2ccc(OC(F)(F)F)cc2n1-c1cccc(C2(CC(=O)O)CCC2)n1. The Hall–Kier alpha value is -3.56. The fourth-order valence-corrected chi connectivity index (χ4v) is 4.07. The number of ether oxygens (including phenoxy) is 1. The van der Waals surface area contributed by atoms with Crippen molar-refractivity contribution < 1.29 is 32.6 Å². The summed E-state index contributed by atoms with van der Waals surface area (Å²) in [4.78, 5) is 28.0. The zero-order valence-electron chi connectivity index (χ0n) is 16.1. The molecule has 1 aliphatic rings. The highest BCUT2D eigenvalue weighted by Gasteiger charge is 2.42. The number of carbonyl (C=O) groups is 2. The maximum atomic E-state index is 12.7. The molecule has 1 fully saturated rings. The van der Waals surface area contributed by atoms with E-state index in [1.807, 2.05) is 0 Å². The average molecular weight is 433 g/mol. The number of halogens is 3. The van der Waals surface area contributed by atoms with Crippen molar-refractivity contribution in [3.8, 4) is 11.6 Å². The summed E-state index contributed by atoms with van der Waals surface area (Å²) in [7, 11) is 0. The van der Waals surface area contributed by atoms with E-state index in [0.717, 1.165) is 18.6 Å². The lowest BCUT2D eigenvalue weighted by Gasteiger charge is -2.40. The van der Waals surface area contributed by atoms with Crippen molar-refractivity contribution in [2.75, 3.05) is 0 Å². The van der Waals surface area contributed by atoms with Crippen molar-refractivity contribution >= 4 is 22.8 Å². The van der Waals surface area contributed by atoms with Gasteiger partial charge in [0.25, 0.3) is 5.91 Å². The molecule has 7 nitrogen and oxygen atoms in total. The summed E-state index contributed by atoms with van der Waals surface area (Å²) < 4.78 is 43.4. The first-order valence-electron chi connectivity index (χ1n) is 9.49. The Balaban J connectivity index is 1.87. The van der Waals surface area contributed by atoms with Gasteiger partial charge in [0.2, 0.25) is 0 Å². The zero-order valence-corrected chi connectivity index (χ0v) is 16.1. The van der Waals surface area contributed by atoms with Gasteiger partial charge in [-0.15, -0.1) is 13.2 Å². The van der Waals surface area contributed by atoms with Gasteiger partial charge in [0.1, 0.15) is 17.3 Å². The van der Waals surface area contributed by atoms with E-state index in [0.29, 0.717) is 23.9 Å². The quantitative estimate of drug-likeness (QED) is 0.613. The molecule has 0 radical (unpaired) electrons. The number of primary amides is 1. The highest BCUT2D eigenvalue weighted by atomic mass is 19.4. The smallest absolute Gasteiger partial charge is 0.481 e. The molecule has 4 rings (SSSR count). The van der Waals surface area contributed by atoms with Gasteiger partial charge >= 0.3 is 12.3 Å². The number of carboxylic acid groups (broad SMARTS) is 1. The summed E-state index contributed by atoms with van der Waals surface area (Å²) in [5.74, 6) is -1.93. The summed E-state index contributed by atoms with van der Waals surface area (Å²) in [5, 5.41) is 9.78. The van der Waals surface area contributed by atoms with Gasteiger partial charge in [0.05, 0.1) is 11.9 Å². The molecule has 2 heterocycles. The third kappa shape index (κ3) is 3.92. The molecule has 31 heavy (non-hydrogen) atoms. The number of rotatable bonds is 6. The van der Waals surface area contributed by atoms with E-state index in [-0.39, 0.29) is 23.4 Å². The number of hydrogen-bond donors (Lipinski definition) is 2. The number of alkyl halides is 3. The molecule has 1 saturated carbocycles. The van der Waals surface area contributed by atoms with Crippen LogP contribution in [0.2, 0.25) is 0 Å². The van der Waals surface area contributed by atoms with Crippen molar-refractivity contribution in [2.24, 2.45) is 5.73 Å². The van der Waals surface area contributed by atoms with Gasteiger partial charge in [0.15, 0.2) is 0 Å². The molecule has 0 bridgehead atoms. The molecule has 0 atom stereocenters. The van der Waals surface area contributed by atoms with E-state index < -0.39 is 29.4 Å². The Labute approximate surface area is 174 Å². The molecule has 3 N–H and O–H groups in total. The average Bonchev–Trinajstić information content (AvgIpc) is 3.02. The molecule has 10 heteroatoms. The lowest BCUT2D eigenvalue weighted by atomic mass is 9.64. The number of nitrogens with zero attached hydrogens (tertiary/aromatic N) is 2. The number of pyridine rings is 1. The van der Waals surface area contributed by atoms with Gasteiger partial charge in [-0.3, -0.25) is 14.2 Å². The molecule has 1 aromatic carbocycles. The van der Waals surface area contributed by atoms with Crippen molar-refractivity contribution in [1.82, 2.24) is 9.55 Å². The number of fused-ring (bicyclic) bond motifs is 1. The van der Waals surface area contributed by atoms with E-state index in [9.17, 15) is 27.9 Å². The highest BCUT2D eigenvalue weighted by Crippen LogP contribution is 2.46. The number of amides is 1. The van der Waals surface area contributed by atoms with Gasteiger partial charge < -0.3 is 15.6 Å². The lowest BCUT2D eigenvalue weighted by Crippen LogP contribution is -2.37. The number of aliphatic carboxylic acids is 1. The minimum atomic E-state index is -4.87. The van der Waals surface area contributed by atoms with Crippen LogP contribution in [0.25, 0.3) is 16.7 Å². The van der Waals surface area contributed by atoms with Gasteiger partial charge in [-0.1, -0.05) is 12.5 Å². The first-order chi connectivity index (χ1) is 14.6. The number of carbonyl (C=O) groups excluding carboxylic acids is 1. The number of aromatic nitrogens is 2. The monoisotopic (exact) mass is 433 g/mol. The maximum absolute atomic E-state index is 12.7. The van der Waals surface area contributed by atoms with Crippen LogP contribution in [0.1, 0.15) is 41.9 Å². The molecule has 1 amide bonds. The minimum absolute atomic E-state index is 0.0321. The summed E-state index contributed by atoms with van der Waals surface area (Å²) >= 11 is 0. The molecule has 162 valence electrons. The number of hydrogen-bond acceptors (Lipinski definition) is 4. The second-order valence-corrected chi connectivity index (χ2v) is 7.58. The van der Waals surface area contributed by atoms with Gasteiger partial charge in [-0.2, -0.15) is 0 Å². The lowest BCUT2D eigenvalue weighted by molar-refractivity contribution is -0.274. The summed E-state index contributed by atoms with van der Waals surface area (Å²) in [6.07, 6.45) is -2.76. The summed E-state index contributed by atoms with van der Waals surface area (Å²) in [6, 6.07) is 10.1. The first-order valence-corrected chi connectivity index (χ1v) is 9.49. The second-order valence-electron chi connectivity index (χ2n) is 7.58. The van der Waals surface area contributed by atoms with Crippen LogP contribution in [-0.4, -0.2) is 32.9 Å². The second kappa shape index (κ2) is 7.29. The number of carboxylic acids is 1. The standard InChI is InChI=1S/C21H18F3N3O4/c22-21(23,24)31-13-6-5-12-9-15(19(25)30)27(14(12)10-13)17-4-1-3-16(26-17)20(7-2-8-20)11-18(28)29/h1,3-6,9-10H,2,7-8,11H2,(H2,25,30)(H,28,29). The molecule has 0 spiro atoms. The minimum Gasteiger partial charge on any atom is -0.481 e. The molecule has 0 aliphatic heterocycles. The molecule has 0 unspecified atom stereocenters. The first kappa shape index (κ1) is 20.7. The van der Waals surface area contributed by atoms with Crippen molar-refractivity contribution in [1.29, 1.82) is 0 Å². The van der Waals surface area contributed by atoms with Crippen LogP contribution in [0, 0.1) is 0 Å². The van der Waals surface area contributed by atoms with Crippen LogP contribution in [0.5, 0.6) is 5.75 Å². The van der Waals surface area contributed by atoms with Crippen LogP contribution >= 0.6 is 0 Å². The van der Waals surface area contributed by atoms with E-state index in [1.54, 1.807) is 18.2 Å². The molecular formula is C21H18F3N3O4. The Morgan fingerprint density at radius 2 is 1.94 bits per heavy atom. The van der Waals surface area contributed by atoms with Gasteiger partial charge in [0, 0.05) is 22.6 Å². The fourth-order valence-electron chi connectivity index (χ4n) is 4.07. The predicted octanol–water partition coefficient (Wildman–Crippen LogP) is 3.92. The number of benzene rings is 1. The zero-order chi connectivity index (χ0) is 22.4. The van der Waals surface area contributed by atoms with Gasteiger partial charge in [-0.25, -0.2) is 4.98 Å². The Kier molecular flexibility index (Phi) is 4.87. The largest absolute Gasteiger partial charge is 0.573 e. The Bertz CT molecular complexity index is 1180. The van der Waals surface area contributed by atoms with E-state index in [4.69, 9.17) is 5.73 Å². The van der Waals surface area contributed by atoms with E-state index in [2.05, 4.69) is 9.72 Å². The summed E-state index contributed by atoms with van der Waals surface area (Å²) in [5.41, 5.74) is 5.73. The maximum Gasteiger partial charge on any atom is 0.573 e. The van der Waals surface area contributed by atoms with Crippen LogP contribution in [0.3, 0.4) is 0 Å². The van der Waals surface area contributed by atoms with Crippen LogP contribution in [0.4, 0.5) is 13.2 Å². The fraction of sp³-hybridized carbons (Fsp3) is 0.286. The van der Waals surface area contributed by atoms with Crippen molar-refractivity contribution in [2.45, 2.75) is 37.5 Å². The molecular weight excluding hydrogens is 415 g/mol. The molecule has 1 aliphatic carbocycles. The molecule has 2 aromatic heterocycles. The third-order valence-electron chi connectivity index (χ3n) is 5.57. The molecule has 0 saturated heterocycles. The molecule has 3 aromatic rings. The third-order valence-corrected chi connectivity index (χ3v) is 5.57. The van der Waals surface area contributed by atoms with Crippen molar-refractivity contribution in [3.05, 3.63) is 53.9 Å². The highest BCUT2D eigenvalue weighted by molar-refractivity contribution is 5.99. The number of nitrogens with two attached hydrogens (primary N) is 1. The van der Waals surface area contributed by atoms with E-state index >= 15 is 0 Å².